The smallest absolute Gasteiger partial charge is 0.0931 e. The molecule has 1 unspecified atom stereocenters. The third-order valence-electron chi connectivity index (χ3n) is 5.40. The first-order valence-electron chi connectivity index (χ1n) is 11.4. The predicted octanol–water partition coefficient (Wildman–Crippen LogP) is 8.05. The molecule has 28 heavy (non-hydrogen) atoms. The number of aliphatic hydroxyl groups is 1. The average molecular weight is 431 g/mol. The van der Waals surface area contributed by atoms with Crippen molar-refractivity contribution in [3.63, 3.8) is 0 Å². The van der Waals surface area contributed by atoms with Crippen molar-refractivity contribution in [2.75, 3.05) is 19.6 Å². The highest BCUT2D eigenvalue weighted by atomic mass is 35.5. The van der Waals surface area contributed by atoms with Gasteiger partial charge in [-0.05, 0) is 44.1 Å². The van der Waals surface area contributed by atoms with Crippen molar-refractivity contribution in [3.05, 3.63) is 33.8 Å². The standard InChI is InChI=1S/C24H41Cl2NO/c1-3-5-7-9-11-13-17-27(18-14-12-10-8-6-4-2)20-24(28)22-19-21(25)15-16-23(22)26/h15-16,19,24,28H,3-14,17-18,20H2,1-2H3. The molecule has 0 aromatic heterocycles. The number of hydrogen-bond donors (Lipinski definition) is 1. The van der Waals surface area contributed by atoms with Gasteiger partial charge in [0.25, 0.3) is 0 Å². The lowest BCUT2D eigenvalue weighted by atomic mass is 10.1. The molecule has 0 radical (unpaired) electrons. The molecule has 2 nitrogen and oxygen atoms in total. The first-order valence-corrected chi connectivity index (χ1v) is 12.2. The van der Waals surface area contributed by atoms with E-state index in [1.165, 1.54) is 77.0 Å². The maximum atomic E-state index is 10.8. The Bertz CT molecular complexity index is 493. The lowest BCUT2D eigenvalue weighted by Gasteiger charge is -2.26. The van der Waals surface area contributed by atoms with E-state index in [1.54, 1.807) is 18.2 Å². The molecule has 4 heteroatoms. The molecule has 162 valence electrons. The second kappa shape index (κ2) is 16.5. The fourth-order valence-electron chi connectivity index (χ4n) is 3.64. The molecular formula is C24H41Cl2NO. The largest absolute Gasteiger partial charge is 0.387 e. The van der Waals surface area contributed by atoms with Crippen LogP contribution in [0.25, 0.3) is 0 Å². The van der Waals surface area contributed by atoms with Gasteiger partial charge in [0.05, 0.1) is 6.10 Å². The average Bonchev–Trinajstić information content (AvgIpc) is 2.68. The number of hydrogen-bond acceptors (Lipinski definition) is 2. The summed E-state index contributed by atoms with van der Waals surface area (Å²) in [6.07, 6.45) is 15.0. The summed E-state index contributed by atoms with van der Waals surface area (Å²) in [5.41, 5.74) is 0.741. The van der Waals surface area contributed by atoms with Crippen LogP contribution in [-0.2, 0) is 0 Å². The van der Waals surface area contributed by atoms with Crippen LogP contribution < -0.4 is 0 Å². The molecule has 0 fully saturated rings. The van der Waals surface area contributed by atoms with Gasteiger partial charge < -0.3 is 10.0 Å². The van der Waals surface area contributed by atoms with Gasteiger partial charge in [-0.2, -0.15) is 0 Å². The highest BCUT2D eigenvalue weighted by Crippen LogP contribution is 2.27. The van der Waals surface area contributed by atoms with Gasteiger partial charge >= 0.3 is 0 Å². The zero-order valence-corrected chi connectivity index (χ0v) is 19.6. The molecule has 0 aliphatic rings. The summed E-state index contributed by atoms with van der Waals surface area (Å²) in [6, 6.07) is 5.33. The SMILES string of the molecule is CCCCCCCCN(CCCCCCCC)CC(O)c1cc(Cl)ccc1Cl. The van der Waals surface area contributed by atoms with E-state index in [0.717, 1.165) is 18.7 Å². The van der Waals surface area contributed by atoms with E-state index in [1.807, 2.05) is 0 Å². The summed E-state index contributed by atoms with van der Waals surface area (Å²) in [6.45, 7) is 7.24. The summed E-state index contributed by atoms with van der Waals surface area (Å²) < 4.78 is 0. The molecule has 0 heterocycles. The van der Waals surface area contributed by atoms with E-state index in [9.17, 15) is 5.11 Å². The fraction of sp³-hybridized carbons (Fsp3) is 0.750. The van der Waals surface area contributed by atoms with Crippen LogP contribution in [-0.4, -0.2) is 29.6 Å². The summed E-state index contributed by atoms with van der Waals surface area (Å²) in [5.74, 6) is 0. The van der Waals surface area contributed by atoms with Crippen LogP contribution in [0.2, 0.25) is 10.0 Å². The van der Waals surface area contributed by atoms with E-state index in [0.29, 0.717) is 16.6 Å². The van der Waals surface area contributed by atoms with Gasteiger partial charge in [0.2, 0.25) is 0 Å². The monoisotopic (exact) mass is 429 g/mol. The molecule has 1 N–H and O–H groups in total. The minimum atomic E-state index is -0.591. The van der Waals surface area contributed by atoms with Crippen LogP contribution >= 0.6 is 23.2 Å². The van der Waals surface area contributed by atoms with Crippen molar-refractivity contribution < 1.29 is 5.11 Å². The highest BCUT2D eigenvalue weighted by molar-refractivity contribution is 6.33. The van der Waals surface area contributed by atoms with Crippen molar-refractivity contribution in [2.45, 2.75) is 97.0 Å². The van der Waals surface area contributed by atoms with Crippen LogP contribution in [0.1, 0.15) is 103 Å². The number of benzene rings is 1. The van der Waals surface area contributed by atoms with Gasteiger partial charge in [0, 0.05) is 22.2 Å². The molecule has 0 amide bonds. The molecule has 0 saturated heterocycles. The molecular weight excluding hydrogens is 389 g/mol. The van der Waals surface area contributed by atoms with E-state index in [4.69, 9.17) is 23.2 Å². The van der Waals surface area contributed by atoms with Gasteiger partial charge in [-0.15, -0.1) is 0 Å². The van der Waals surface area contributed by atoms with Gasteiger partial charge in [-0.25, -0.2) is 0 Å². The molecule has 0 spiro atoms. The quantitative estimate of drug-likeness (QED) is 0.253. The fourth-order valence-corrected chi connectivity index (χ4v) is 4.06. The van der Waals surface area contributed by atoms with Crippen LogP contribution in [0.3, 0.4) is 0 Å². The normalized spacial score (nSPS) is 12.6. The molecule has 1 atom stereocenters. The first-order chi connectivity index (χ1) is 13.6. The third kappa shape index (κ3) is 11.7. The first kappa shape index (κ1) is 25.8. The van der Waals surface area contributed by atoms with E-state index < -0.39 is 6.10 Å². The maximum Gasteiger partial charge on any atom is 0.0931 e. The van der Waals surface area contributed by atoms with Gasteiger partial charge in [-0.1, -0.05) is 101 Å². The van der Waals surface area contributed by atoms with Gasteiger partial charge in [0.1, 0.15) is 0 Å². The Labute approximate surface area is 183 Å². The van der Waals surface area contributed by atoms with Crippen LogP contribution in [0.15, 0.2) is 18.2 Å². The highest BCUT2D eigenvalue weighted by Gasteiger charge is 2.16. The Morgan fingerprint density at radius 2 is 1.29 bits per heavy atom. The zero-order valence-electron chi connectivity index (χ0n) is 18.1. The summed E-state index contributed by atoms with van der Waals surface area (Å²) in [4.78, 5) is 2.42. The number of halogens is 2. The van der Waals surface area contributed by atoms with Crippen molar-refractivity contribution in [2.24, 2.45) is 0 Å². The van der Waals surface area contributed by atoms with Gasteiger partial charge in [-0.3, -0.25) is 0 Å². The van der Waals surface area contributed by atoms with Crippen molar-refractivity contribution in [3.8, 4) is 0 Å². The molecule has 0 aliphatic carbocycles. The third-order valence-corrected chi connectivity index (χ3v) is 5.98. The van der Waals surface area contributed by atoms with Gasteiger partial charge in [0.15, 0.2) is 0 Å². The summed E-state index contributed by atoms with van der Waals surface area (Å²) in [7, 11) is 0. The molecule has 1 aromatic rings. The molecule has 0 aliphatic heterocycles. The van der Waals surface area contributed by atoms with E-state index in [-0.39, 0.29) is 0 Å². The molecule has 0 saturated carbocycles. The molecule has 0 bridgehead atoms. The number of rotatable bonds is 17. The minimum Gasteiger partial charge on any atom is -0.387 e. The maximum absolute atomic E-state index is 10.8. The molecule has 1 aromatic carbocycles. The Morgan fingerprint density at radius 1 is 0.786 bits per heavy atom. The molecule has 1 rings (SSSR count). The van der Waals surface area contributed by atoms with Crippen molar-refractivity contribution >= 4 is 23.2 Å². The minimum absolute atomic E-state index is 0.591. The Hall–Kier alpha value is -0.280. The number of unbranched alkanes of at least 4 members (excludes halogenated alkanes) is 10. The number of nitrogens with zero attached hydrogens (tertiary/aromatic N) is 1. The second-order valence-corrected chi connectivity index (χ2v) is 8.86. The van der Waals surface area contributed by atoms with Crippen LogP contribution in [0.4, 0.5) is 0 Å². The summed E-state index contributed by atoms with van der Waals surface area (Å²) >= 11 is 12.4. The topological polar surface area (TPSA) is 23.5 Å². The van der Waals surface area contributed by atoms with E-state index in [2.05, 4.69) is 18.7 Å². The Balaban J connectivity index is 2.49. The van der Waals surface area contributed by atoms with Crippen LogP contribution in [0.5, 0.6) is 0 Å². The Kier molecular flexibility index (Phi) is 15.2. The van der Waals surface area contributed by atoms with Crippen molar-refractivity contribution in [1.29, 1.82) is 0 Å². The second-order valence-electron chi connectivity index (χ2n) is 8.02. The zero-order chi connectivity index (χ0) is 20.6. The number of aliphatic hydroxyl groups excluding tert-OH is 1. The summed E-state index contributed by atoms with van der Waals surface area (Å²) in [5, 5.41) is 12.0. The lowest BCUT2D eigenvalue weighted by Crippen LogP contribution is -2.31. The van der Waals surface area contributed by atoms with E-state index >= 15 is 0 Å². The lowest BCUT2D eigenvalue weighted by molar-refractivity contribution is 0.110. The van der Waals surface area contributed by atoms with Crippen LogP contribution in [0, 0.1) is 0 Å². The predicted molar refractivity (Wildman–Crippen MR) is 125 cm³/mol. The van der Waals surface area contributed by atoms with Crippen molar-refractivity contribution in [1.82, 2.24) is 4.90 Å². The Morgan fingerprint density at radius 3 is 1.82 bits per heavy atom.